The molecule has 158 valence electrons. The largest absolute Gasteiger partial charge is 0.487 e. The quantitative estimate of drug-likeness (QED) is 0.185. The fraction of sp³-hybridized carbons (Fsp3) is 0.0385. The van der Waals surface area contributed by atoms with E-state index >= 15 is 0 Å². The van der Waals surface area contributed by atoms with E-state index in [0.717, 1.165) is 28.5 Å². The molecule has 0 radical (unpaired) electrons. The molecular formula is C26H20ClN3O2. The summed E-state index contributed by atoms with van der Waals surface area (Å²) in [5.41, 5.74) is 9.04. The first-order chi connectivity index (χ1) is 15.6. The van der Waals surface area contributed by atoms with E-state index in [9.17, 15) is 4.79 Å². The Kier molecular flexibility index (Phi) is 6.58. The average Bonchev–Trinajstić information content (AvgIpc) is 2.83. The second kappa shape index (κ2) is 9.90. The van der Waals surface area contributed by atoms with Crippen LogP contribution >= 0.6 is 11.6 Å². The highest BCUT2D eigenvalue weighted by atomic mass is 35.5. The Labute approximate surface area is 190 Å². The Morgan fingerprint density at radius 1 is 0.969 bits per heavy atom. The summed E-state index contributed by atoms with van der Waals surface area (Å²) >= 11 is 5.95. The van der Waals surface area contributed by atoms with Crippen LogP contribution in [0.4, 0.5) is 0 Å². The first kappa shape index (κ1) is 21.3. The molecule has 0 aliphatic rings. The maximum Gasteiger partial charge on any atom is 0.278 e. The number of carbonyl (C=O) groups excluding carboxylic acids is 1. The predicted molar refractivity (Wildman–Crippen MR) is 130 cm³/mol. The van der Waals surface area contributed by atoms with Gasteiger partial charge in [-0.25, -0.2) is 4.98 Å². The average molecular weight is 442 g/mol. The first-order valence-electron chi connectivity index (χ1n) is 9.96. The standard InChI is InChI=1S/C26H20ClN3O2/c27-21-10-5-18(6-11-21)15-24(26(31)29-17-28)19-8-13-23(14-9-19)32-16-22-12-7-20-3-1-2-4-25(20)30-22/h1-15,17H,16H2,(H2,28,29,31)/b24-15+. The number of ether oxygens (including phenoxy) is 1. The molecule has 0 saturated heterocycles. The van der Waals surface area contributed by atoms with Crippen LogP contribution < -0.4 is 10.5 Å². The van der Waals surface area contributed by atoms with Gasteiger partial charge in [0.25, 0.3) is 5.91 Å². The zero-order valence-electron chi connectivity index (χ0n) is 17.1. The Hall–Kier alpha value is -3.96. The van der Waals surface area contributed by atoms with Crippen LogP contribution in [0.1, 0.15) is 16.8 Å². The SMILES string of the molecule is NC=NC(=O)/C(=C/c1ccc(Cl)cc1)c1ccc(OCc2ccc3ccccc3n2)cc1. The van der Waals surface area contributed by atoms with Crippen LogP contribution in [-0.4, -0.2) is 17.2 Å². The summed E-state index contributed by atoms with van der Waals surface area (Å²) in [7, 11) is 0. The molecule has 1 aromatic heterocycles. The third kappa shape index (κ3) is 5.20. The number of pyridine rings is 1. The minimum absolute atomic E-state index is 0.341. The van der Waals surface area contributed by atoms with Crippen LogP contribution in [0.2, 0.25) is 5.02 Å². The van der Waals surface area contributed by atoms with Crippen LogP contribution in [0, 0.1) is 0 Å². The summed E-state index contributed by atoms with van der Waals surface area (Å²) in [6.07, 6.45) is 2.74. The summed E-state index contributed by atoms with van der Waals surface area (Å²) < 4.78 is 5.88. The maximum atomic E-state index is 12.5. The van der Waals surface area contributed by atoms with Crippen LogP contribution in [0.15, 0.2) is 89.9 Å². The molecule has 32 heavy (non-hydrogen) atoms. The van der Waals surface area contributed by atoms with Gasteiger partial charge >= 0.3 is 0 Å². The Morgan fingerprint density at radius 2 is 1.72 bits per heavy atom. The lowest BCUT2D eigenvalue weighted by Gasteiger charge is -2.09. The second-order valence-corrected chi connectivity index (χ2v) is 7.44. The Morgan fingerprint density at radius 3 is 2.47 bits per heavy atom. The number of aliphatic imine (C=N–C) groups is 1. The summed E-state index contributed by atoms with van der Waals surface area (Å²) in [5, 5.41) is 1.71. The number of para-hydroxylation sites is 1. The van der Waals surface area contributed by atoms with E-state index in [1.165, 1.54) is 0 Å². The van der Waals surface area contributed by atoms with Gasteiger partial charge in [0.1, 0.15) is 12.4 Å². The number of fused-ring (bicyclic) bond motifs is 1. The smallest absolute Gasteiger partial charge is 0.278 e. The van der Waals surface area contributed by atoms with Gasteiger partial charge in [-0.2, -0.15) is 4.99 Å². The highest BCUT2D eigenvalue weighted by molar-refractivity contribution is 6.30. The molecule has 3 aromatic carbocycles. The molecule has 0 atom stereocenters. The Bertz CT molecular complexity index is 1300. The maximum absolute atomic E-state index is 12.5. The molecule has 0 bridgehead atoms. The highest BCUT2D eigenvalue weighted by Crippen LogP contribution is 2.24. The fourth-order valence-electron chi connectivity index (χ4n) is 3.21. The molecule has 1 amide bonds. The number of halogens is 1. The number of aromatic nitrogens is 1. The summed E-state index contributed by atoms with van der Waals surface area (Å²) in [5.74, 6) is 0.237. The number of rotatable bonds is 6. The van der Waals surface area contributed by atoms with Crippen LogP contribution in [0.3, 0.4) is 0 Å². The van der Waals surface area contributed by atoms with Crippen LogP contribution in [-0.2, 0) is 11.4 Å². The molecule has 0 aliphatic carbocycles. The van der Waals surface area contributed by atoms with E-state index in [1.54, 1.807) is 18.2 Å². The minimum Gasteiger partial charge on any atom is -0.487 e. The zero-order chi connectivity index (χ0) is 22.3. The molecular weight excluding hydrogens is 422 g/mol. The molecule has 5 nitrogen and oxygen atoms in total. The van der Waals surface area contributed by atoms with E-state index < -0.39 is 5.91 Å². The number of nitrogens with zero attached hydrogens (tertiary/aromatic N) is 2. The monoisotopic (exact) mass is 441 g/mol. The lowest BCUT2D eigenvalue weighted by molar-refractivity contribution is -0.112. The number of nitrogens with two attached hydrogens (primary N) is 1. The van der Waals surface area contributed by atoms with Gasteiger partial charge in [0.05, 0.1) is 17.5 Å². The van der Waals surface area contributed by atoms with Gasteiger partial charge < -0.3 is 10.5 Å². The van der Waals surface area contributed by atoms with Crippen molar-refractivity contribution in [2.75, 3.05) is 0 Å². The van der Waals surface area contributed by atoms with Crippen molar-refractivity contribution in [2.45, 2.75) is 6.61 Å². The van der Waals surface area contributed by atoms with Gasteiger partial charge in [-0.05, 0) is 53.6 Å². The van der Waals surface area contributed by atoms with E-state index in [4.69, 9.17) is 22.1 Å². The summed E-state index contributed by atoms with van der Waals surface area (Å²) in [6, 6.07) is 26.4. The van der Waals surface area contributed by atoms with Crippen molar-refractivity contribution in [2.24, 2.45) is 10.7 Å². The predicted octanol–water partition coefficient (Wildman–Crippen LogP) is 5.52. The van der Waals surface area contributed by atoms with Crippen molar-refractivity contribution < 1.29 is 9.53 Å². The van der Waals surface area contributed by atoms with Crippen LogP contribution in [0.5, 0.6) is 5.75 Å². The van der Waals surface area contributed by atoms with Crippen LogP contribution in [0.25, 0.3) is 22.6 Å². The van der Waals surface area contributed by atoms with E-state index in [0.29, 0.717) is 28.5 Å². The number of hydrogen-bond donors (Lipinski definition) is 1. The van der Waals surface area contributed by atoms with E-state index in [2.05, 4.69) is 9.98 Å². The lowest BCUT2D eigenvalue weighted by Crippen LogP contribution is -2.02. The second-order valence-electron chi connectivity index (χ2n) is 7.00. The van der Waals surface area contributed by atoms with Crippen molar-refractivity contribution in [3.63, 3.8) is 0 Å². The minimum atomic E-state index is -0.434. The van der Waals surface area contributed by atoms with Gasteiger partial charge in [0.15, 0.2) is 0 Å². The molecule has 2 N–H and O–H groups in total. The topological polar surface area (TPSA) is 77.6 Å². The number of benzene rings is 3. The van der Waals surface area contributed by atoms with Gasteiger partial charge in [0.2, 0.25) is 0 Å². The third-order valence-electron chi connectivity index (χ3n) is 4.81. The normalized spacial score (nSPS) is 11.7. The van der Waals surface area contributed by atoms with E-state index in [-0.39, 0.29) is 0 Å². The molecule has 6 heteroatoms. The van der Waals surface area contributed by atoms with Gasteiger partial charge in [-0.1, -0.05) is 60.1 Å². The van der Waals surface area contributed by atoms with Crippen molar-refractivity contribution >= 4 is 46.4 Å². The van der Waals surface area contributed by atoms with Crippen molar-refractivity contribution in [1.29, 1.82) is 0 Å². The fourth-order valence-corrected chi connectivity index (χ4v) is 3.33. The molecule has 0 saturated carbocycles. The highest BCUT2D eigenvalue weighted by Gasteiger charge is 2.11. The molecule has 0 fully saturated rings. The Balaban J connectivity index is 1.52. The number of hydrogen-bond acceptors (Lipinski definition) is 3. The summed E-state index contributed by atoms with van der Waals surface area (Å²) in [4.78, 5) is 20.8. The van der Waals surface area contributed by atoms with E-state index in [1.807, 2.05) is 72.8 Å². The lowest BCUT2D eigenvalue weighted by atomic mass is 10.0. The van der Waals surface area contributed by atoms with Gasteiger partial charge in [-0.3, -0.25) is 4.79 Å². The molecule has 0 aliphatic heterocycles. The molecule has 4 rings (SSSR count). The third-order valence-corrected chi connectivity index (χ3v) is 5.06. The van der Waals surface area contributed by atoms with Crippen molar-refractivity contribution in [1.82, 2.24) is 4.98 Å². The molecule has 1 heterocycles. The molecule has 4 aromatic rings. The number of amides is 1. The zero-order valence-corrected chi connectivity index (χ0v) is 17.9. The van der Waals surface area contributed by atoms with Gasteiger partial charge in [-0.15, -0.1) is 0 Å². The first-order valence-corrected chi connectivity index (χ1v) is 10.3. The van der Waals surface area contributed by atoms with Crippen molar-refractivity contribution in [3.8, 4) is 5.75 Å². The molecule has 0 spiro atoms. The number of carbonyl (C=O) groups is 1. The van der Waals surface area contributed by atoms with Gasteiger partial charge in [0, 0.05) is 16.0 Å². The molecule has 0 unspecified atom stereocenters. The van der Waals surface area contributed by atoms with Crippen molar-refractivity contribution in [3.05, 3.63) is 107 Å². The summed E-state index contributed by atoms with van der Waals surface area (Å²) in [6.45, 7) is 0.341.